The molecule has 0 saturated carbocycles. The van der Waals surface area contributed by atoms with Gasteiger partial charge in [0.25, 0.3) is 0 Å². The Morgan fingerprint density at radius 3 is 1.39 bits per heavy atom. The summed E-state index contributed by atoms with van der Waals surface area (Å²) < 4.78 is 17.2. The molecule has 0 fully saturated rings. The van der Waals surface area contributed by atoms with E-state index in [0.717, 1.165) is 0 Å². The predicted octanol–water partition coefficient (Wildman–Crippen LogP) is 4.46. The van der Waals surface area contributed by atoms with Gasteiger partial charge in [0, 0.05) is 12.1 Å². The van der Waals surface area contributed by atoms with Crippen molar-refractivity contribution in [3.05, 3.63) is 36.4 Å². The molecule has 0 amide bonds. The summed E-state index contributed by atoms with van der Waals surface area (Å²) in [6.07, 6.45) is -0.129. The maximum Gasteiger partial charge on any atom is 0.169 e. The fraction of sp³-hybridized carbons (Fsp3) is 0.333. The van der Waals surface area contributed by atoms with Crippen LogP contribution >= 0.6 is 0 Å². The SMILES string of the molecule is CC(C)Oc1cc(O)ccc1Oc1ccc(O)cc1OC(C)C. The van der Waals surface area contributed by atoms with Crippen molar-refractivity contribution in [1.82, 2.24) is 0 Å². The summed E-state index contributed by atoms with van der Waals surface area (Å²) in [7, 11) is 0. The van der Waals surface area contributed by atoms with Crippen LogP contribution in [0.4, 0.5) is 0 Å². The second-order valence-electron chi connectivity index (χ2n) is 5.70. The molecule has 0 saturated heterocycles. The zero-order valence-electron chi connectivity index (χ0n) is 13.7. The first-order valence-electron chi connectivity index (χ1n) is 7.52. The van der Waals surface area contributed by atoms with E-state index >= 15 is 0 Å². The molecule has 0 unspecified atom stereocenters. The second kappa shape index (κ2) is 7.13. The summed E-state index contributed by atoms with van der Waals surface area (Å²) in [6, 6.07) is 9.29. The third-order valence-corrected chi connectivity index (χ3v) is 2.80. The van der Waals surface area contributed by atoms with Crippen LogP contribution in [0.25, 0.3) is 0 Å². The van der Waals surface area contributed by atoms with Crippen LogP contribution in [0, 0.1) is 0 Å². The molecule has 2 aromatic carbocycles. The molecule has 2 N–H and O–H groups in total. The van der Waals surface area contributed by atoms with Gasteiger partial charge < -0.3 is 24.4 Å². The Balaban J connectivity index is 2.35. The number of aromatic hydroxyl groups is 2. The number of phenols is 2. The fourth-order valence-corrected chi connectivity index (χ4v) is 1.97. The van der Waals surface area contributed by atoms with Gasteiger partial charge in [0.05, 0.1) is 12.2 Å². The second-order valence-corrected chi connectivity index (χ2v) is 5.70. The maximum atomic E-state index is 9.63. The van der Waals surface area contributed by atoms with E-state index in [4.69, 9.17) is 14.2 Å². The molecule has 0 radical (unpaired) electrons. The lowest BCUT2D eigenvalue weighted by molar-refractivity contribution is 0.223. The number of phenolic OH excluding ortho intramolecular Hbond substituents is 2. The lowest BCUT2D eigenvalue weighted by Gasteiger charge is -2.18. The molecular weight excluding hydrogens is 296 g/mol. The molecule has 124 valence electrons. The number of hydrogen-bond donors (Lipinski definition) is 2. The molecule has 0 atom stereocenters. The van der Waals surface area contributed by atoms with Crippen molar-refractivity contribution in [2.45, 2.75) is 39.9 Å². The monoisotopic (exact) mass is 318 g/mol. The van der Waals surface area contributed by atoms with Gasteiger partial charge in [-0.05, 0) is 52.0 Å². The van der Waals surface area contributed by atoms with E-state index in [0.29, 0.717) is 23.0 Å². The highest BCUT2D eigenvalue weighted by Crippen LogP contribution is 2.40. The molecule has 0 spiro atoms. The lowest BCUT2D eigenvalue weighted by atomic mass is 10.2. The van der Waals surface area contributed by atoms with Crippen molar-refractivity contribution in [2.75, 3.05) is 0 Å². The smallest absolute Gasteiger partial charge is 0.169 e. The van der Waals surface area contributed by atoms with Crippen LogP contribution in [0.1, 0.15) is 27.7 Å². The molecular formula is C18H22O5. The minimum Gasteiger partial charge on any atom is -0.508 e. The molecule has 5 nitrogen and oxygen atoms in total. The van der Waals surface area contributed by atoms with Crippen LogP contribution in [0.5, 0.6) is 34.5 Å². The van der Waals surface area contributed by atoms with Gasteiger partial charge in [0.1, 0.15) is 11.5 Å². The number of hydrogen-bond acceptors (Lipinski definition) is 5. The standard InChI is InChI=1S/C18H22O5/c1-11(2)21-17-9-13(19)5-7-15(17)23-16-8-6-14(20)10-18(16)22-12(3)4/h5-12,19-20H,1-4H3. The number of rotatable bonds is 6. The Morgan fingerprint density at radius 2 is 1.04 bits per heavy atom. The van der Waals surface area contributed by atoms with Crippen molar-refractivity contribution in [3.63, 3.8) is 0 Å². The van der Waals surface area contributed by atoms with Crippen LogP contribution in [0.15, 0.2) is 36.4 Å². The Labute approximate surface area is 136 Å². The van der Waals surface area contributed by atoms with Crippen molar-refractivity contribution < 1.29 is 24.4 Å². The summed E-state index contributed by atoms with van der Waals surface area (Å²) in [4.78, 5) is 0. The van der Waals surface area contributed by atoms with E-state index in [-0.39, 0.29) is 23.7 Å². The highest BCUT2D eigenvalue weighted by Gasteiger charge is 2.14. The van der Waals surface area contributed by atoms with E-state index in [1.54, 1.807) is 12.1 Å². The molecule has 0 heterocycles. The zero-order valence-corrected chi connectivity index (χ0v) is 13.7. The van der Waals surface area contributed by atoms with Gasteiger partial charge in [-0.25, -0.2) is 0 Å². The third kappa shape index (κ3) is 4.71. The van der Waals surface area contributed by atoms with Gasteiger partial charge in [-0.3, -0.25) is 0 Å². The molecule has 5 heteroatoms. The molecule has 2 rings (SSSR count). The lowest BCUT2D eigenvalue weighted by Crippen LogP contribution is -2.08. The van der Waals surface area contributed by atoms with Crippen molar-refractivity contribution in [3.8, 4) is 34.5 Å². The summed E-state index contributed by atoms with van der Waals surface area (Å²) in [5, 5.41) is 19.3. The fourth-order valence-electron chi connectivity index (χ4n) is 1.97. The molecule has 0 aromatic heterocycles. The van der Waals surface area contributed by atoms with Gasteiger partial charge in [0.15, 0.2) is 23.0 Å². The Morgan fingerprint density at radius 1 is 0.652 bits per heavy atom. The van der Waals surface area contributed by atoms with E-state index in [1.807, 2.05) is 27.7 Å². The Kier molecular flexibility index (Phi) is 5.21. The first kappa shape index (κ1) is 16.8. The minimum absolute atomic E-state index is 0.0645. The summed E-state index contributed by atoms with van der Waals surface area (Å²) in [5.41, 5.74) is 0. The van der Waals surface area contributed by atoms with Crippen LogP contribution in [-0.2, 0) is 0 Å². The average molecular weight is 318 g/mol. The molecule has 0 aliphatic rings. The third-order valence-electron chi connectivity index (χ3n) is 2.80. The molecule has 0 aliphatic heterocycles. The van der Waals surface area contributed by atoms with E-state index in [2.05, 4.69) is 0 Å². The first-order chi connectivity index (χ1) is 10.8. The van der Waals surface area contributed by atoms with E-state index < -0.39 is 0 Å². The highest BCUT2D eigenvalue weighted by molar-refractivity contribution is 5.51. The van der Waals surface area contributed by atoms with Gasteiger partial charge in [-0.2, -0.15) is 0 Å². The zero-order chi connectivity index (χ0) is 17.0. The summed E-state index contributed by atoms with van der Waals surface area (Å²) in [6.45, 7) is 7.56. The van der Waals surface area contributed by atoms with Gasteiger partial charge in [0.2, 0.25) is 0 Å². The maximum absolute atomic E-state index is 9.63. The highest BCUT2D eigenvalue weighted by atomic mass is 16.5. The van der Waals surface area contributed by atoms with Gasteiger partial charge in [-0.1, -0.05) is 0 Å². The molecule has 0 bridgehead atoms. The van der Waals surface area contributed by atoms with Gasteiger partial charge in [-0.15, -0.1) is 0 Å². The average Bonchev–Trinajstić information content (AvgIpc) is 2.43. The van der Waals surface area contributed by atoms with Crippen molar-refractivity contribution in [1.29, 1.82) is 0 Å². The predicted molar refractivity (Wildman–Crippen MR) is 87.8 cm³/mol. The van der Waals surface area contributed by atoms with Crippen molar-refractivity contribution in [2.24, 2.45) is 0 Å². The quantitative estimate of drug-likeness (QED) is 0.822. The van der Waals surface area contributed by atoms with E-state index in [9.17, 15) is 10.2 Å². The van der Waals surface area contributed by atoms with Gasteiger partial charge >= 0.3 is 0 Å². The minimum atomic E-state index is -0.0645. The molecule has 2 aromatic rings. The Hall–Kier alpha value is -2.56. The van der Waals surface area contributed by atoms with E-state index in [1.165, 1.54) is 24.3 Å². The number of benzene rings is 2. The topological polar surface area (TPSA) is 68.2 Å². The summed E-state index contributed by atoms with van der Waals surface area (Å²) in [5.74, 6) is 1.97. The van der Waals surface area contributed by atoms with Crippen molar-refractivity contribution >= 4 is 0 Å². The van der Waals surface area contributed by atoms with Crippen LogP contribution in [-0.4, -0.2) is 22.4 Å². The molecule has 23 heavy (non-hydrogen) atoms. The Bertz CT molecular complexity index is 607. The largest absolute Gasteiger partial charge is 0.508 e. The summed E-state index contributed by atoms with van der Waals surface area (Å²) >= 11 is 0. The van der Waals surface area contributed by atoms with Crippen LogP contribution in [0.2, 0.25) is 0 Å². The first-order valence-corrected chi connectivity index (χ1v) is 7.52. The number of ether oxygens (including phenoxy) is 3. The van der Waals surface area contributed by atoms with Crippen LogP contribution < -0.4 is 14.2 Å². The van der Waals surface area contributed by atoms with Crippen LogP contribution in [0.3, 0.4) is 0 Å². The molecule has 0 aliphatic carbocycles. The normalized spacial score (nSPS) is 10.9.